The van der Waals surface area contributed by atoms with Gasteiger partial charge < -0.3 is 9.42 Å². The van der Waals surface area contributed by atoms with Crippen LogP contribution in [0.4, 0.5) is 0 Å². The predicted octanol–water partition coefficient (Wildman–Crippen LogP) is 2.63. The van der Waals surface area contributed by atoms with Crippen molar-refractivity contribution in [1.82, 2.24) is 19.3 Å². The average Bonchev–Trinajstić information content (AvgIpc) is 3.38. The maximum absolute atomic E-state index is 13.1. The van der Waals surface area contributed by atoms with Crippen molar-refractivity contribution < 1.29 is 17.7 Å². The van der Waals surface area contributed by atoms with E-state index >= 15 is 0 Å². The number of aryl methyl sites for hydroxylation is 1. The highest BCUT2D eigenvalue weighted by molar-refractivity contribution is 7.89. The summed E-state index contributed by atoms with van der Waals surface area (Å²) in [5.41, 5.74) is 0. The van der Waals surface area contributed by atoms with Crippen LogP contribution in [0.15, 0.2) is 20.9 Å². The number of hydrogen-bond donors (Lipinski definition) is 0. The number of carbonyl (C=O) groups is 1. The molecule has 4 rings (SSSR count). The summed E-state index contributed by atoms with van der Waals surface area (Å²) in [6.07, 6.45) is 4.25. The van der Waals surface area contributed by atoms with Crippen molar-refractivity contribution in [1.29, 1.82) is 0 Å². The van der Waals surface area contributed by atoms with Gasteiger partial charge in [0.1, 0.15) is 9.77 Å². The van der Waals surface area contributed by atoms with Crippen molar-refractivity contribution >= 4 is 27.3 Å². The molecule has 2 aliphatic heterocycles. The third-order valence-electron chi connectivity index (χ3n) is 5.43. The standard InChI is InChI=1S/C18H24N4O4S2/c1-13-19-17(26-20-13)14-5-10-21(11-6-14)18(23)16-15(7-12-27-16)28(24,25)22-8-3-2-4-9-22/h7,12,14H,2-6,8-11H2,1H3. The maximum atomic E-state index is 13.1. The van der Waals surface area contributed by atoms with Crippen LogP contribution in [0.2, 0.25) is 0 Å². The zero-order valence-electron chi connectivity index (χ0n) is 15.8. The quantitative estimate of drug-likeness (QED) is 0.749. The first-order valence-electron chi connectivity index (χ1n) is 9.64. The minimum atomic E-state index is -3.62. The van der Waals surface area contributed by atoms with Gasteiger partial charge in [-0.2, -0.15) is 9.29 Å². The van der Waals surface area contributed by atoms with E-state index in [1.165, 1.54) is 15.6 Å². The number of aromatic nitrogens is 2. The number of amides is 1. The normalized spacial score (nSPS) is 19.8. The maximum Gasteiger partial charge on any atom is 0.265 e. The van der Waals surface area contributed by atoms with Gasteiger partial charge in [-0.05, 0) is 44.1 Å². The number of piperidine rings is 2. The van der Waals surface area contributed by atoms with E-state index in [1.54, 1.807) is 23.3 Å². The van der Waals surface area contributed by atoms with E-state index in [0.717, 1.165) is 32.1 Å². The first kappa shape index (κ1) is 19.5. The summed E-state index contributed by atoms with van der Waals surface area (Å²) in [4.78, 5) is 19.6. The van der Waals surface area contributed by atoms with Crippen LogP contribution in [0.1, 0.15) is 59.4 Å². The molecular formula is C18H24N4O4S2. The Hall–Kier alpha value is -1.78. The van der Waals surface area contributed by atoms with E-state index in [4.69, 9.17) is 4.52 Å². The van der Waals surface area contributed by atoms with Gasteiger partial charge >= 0.3 is 0 Å². The molecule has 2 aromatic heterocycles. The largest absolute Gasteiger partial charge is 0.339 e. The fourth-order valence-corrected chi connectivity index (χ4v) is 6.73. The van der Waals surface area contributed by atoms with Crippen LogP contribution in [0.5, 0.6) is 0 Å². The number of rotatable bonds is 4. The zero-order chi connectivity index (χ0) is 19.7. The van der Waals surface area contributed by atoms with E-state index in [9.17, 15) is 13.2 Å². The third-order valence-corrected chi connectivity index (χ3v) is 8.40. The topological polar surface area (TPSA) is 96.6 Å². The molecule has 2 aromatic rings. The number of carbonyl (C=O) groups excluding carboxylic acids is 1. The van der Waals surface area contributed by atoms with Gasteiger partial charge in [-0.3, -0.25) is 4.79 Å². The summed E-state index contributed by atoms with van der Waals surface area (Å²) in [7, 11) is -3.62. The van der Waals surface area contributed by atoms with Gasteiger partial charge in [-0.15, -0.1) is 11.3 Å². The zero-order valence-corrected chi connectivity index (χ0v) is 17.5. The van der Waals surface area contributed by atoms with Gasteiger partial charge in [0.15, 0.2) is 5.82 Å². The van der Waals surface area contributed by atoms with Crippen molar-refractivity contribution in [2.45, 2.75) is 49.8 Å². The van der Waals surface area contributed by atoms with Gasteiger partial charge in [0, 0.05) is 32.1 Å². The summed E-state index contributed by atoms with van der Waals surface area (Å²) in [6.45, 7) is 3.94. The Kier molecular flexibility index (Phi) is 5.52. The van der Waals surface area contributed by atoms with Gasteiger partial charge in [-0.1, -0.05) is 11.6 Å². The number of thiophene rings is 1. The van der Waals surface area contributed by atoms with Gasteiger partial charge in [0.05, 0.1) is 0 Å². The van der Waals surface area contributed by atoms with Crippen LogP contribution in [0.3, 0.4) is 0 Å². The van der Waals surface area contributed by atoms with Gasteiger partial charge in [0.25, 0.3) is 5.91 Å². The van der Waals surface area contributed by atoms with Crippen LogP contribution in [0, 0.1) is 6.92 Å². The van der Waals surface area contributed by atoms with E-state index in [1.807, 2.05) is 0 Å². The molecule has 0 radical (unpaired) electrons. The molecule has 10 heteroatoms. The van der Waals surface area contributed by atoms with Gasteiger partial charge in [-0.25, -0.2) is 8.42 Å². The minimum absolute atomic E-state index is 0.144. The summed E-state index contributed by atoms with van der Waals surface area (Å²) >= 11 is 1.20. The molecule has 0 unspecified atom stereocenters. The van der Waals surface area contributed by atoms with E-state index in [0.29, 0.717) is 42.8 Å². The number of sulfonamides is 1. The summed E-state index contributed by atoms with van der Waals surface area (Å²) in [5.74, 6) is 1.17. The van der Waals surface area contributed by atoms with Crippen LogP contribution in [-0.2, 0) is 10.0 Å². The van der Waals surface area contributed by atoms with Crippen LogP contribution < -0.4 is 0 Å². The lowest BCUT2D eigenvalue weighted by atomic mass is 9.96. The molecule has 0 atom stereocenters. The van der Waals surface area contributed by atoms with E-state index < -0.39 is 10.0 Å². The molecule has 1 amide bonds. The Labute approximate surface area is 168 Å². The molecule has 0 spiro atoms. The predicted molar refractivity (Wildman–Crippen MR) is 104 cm³/mol. The Morgan fingerprint density at radius 1 is 1.18 bits per heavy atom. The highest BCUT2D eigenvalue weighted by Crippen LogP contribution is 2.31. The Morgan fingerprint density at radius 2 is 1.89 bits per heavy atom. The number of nitrogens with zero attached hydrogens (tertiary/aromatic N) is 4. The first-order chi connectivity index (χ1) is 13.5. The molecule has 8 nitrogen and oxygen atoms in total. The number of hydrogen-bond acceptors (Lipinski definition) is 7. The fourth-order valence-electron chi connectivity index (χ4n) is 3.85. The molecule has 0 bridgehead atoms. The summed E-state index contributed by atoms with van der Waals surface area (Å²) in [6, 6.07) is 1.57. The first-order valence-corrected chi connectivity index (χ1v) is 12.0. The second kappa shape index (κ2) is 7.92. The molecular weight excluding hydrogens is 400 g/mol. The molecule has 2 saturated heterocycles. The highest BCUT2D eigenvalue weighted by atomic mass is 32.2. The molecule has 0 aromatic carbocycles. The van der Waals surface area contributed by atoms with Crippen molar-refractivity contribution in [3.8, 4) is 0 Å². The Balaban J connectivity index is 1.47. The molecule has 0 N–H and O–H groups in total. The van der Waals surface area contributed by atoms with Crippen molar-refractivity contribution in [3.63, 3.8) is 0 Å². The van der Waals surface area contributed by atoms with Crippen molar-refractivity contribution in [3.05, 3.63) is 28.0 Å². The molecule has 2 fully saturated rings. The highest BCUT2D eigenvalue weighted by Gasteiger charge is 2.34. The Morgan fingerprint density at radius 3 is 2.54 bits per heavy atom. The summed E-state index contributed by atoms with van der Waals surface area (Å²) in [5, 5.41) is 5.53. The lowest BCUT2D eigenvalue weighted by Gasteiger charge is -2.31. The molecule has 0 saturated carbocycles. The fraction of sp³-hybridized carbons (Fsp3) is 0.611. The van der Waals surface area contributed by atoms with Crippen molar-refractivity contribution in [2.75, 3.05) is 26.2 Å². The molecule has 152 valence electrons. The SMILES string of the molecule is Cc1noc(C2CCN(C(=O)c3sccc3S(=O)(=O)N3CCCCC3)CC2)n1. The second-order valence-corrected chi connectivity index (χ2v) is 10.1. The minimum Gasteiger partial charge on any atom is -0.339 e. The van der Waals surface area contributed by atoms with Crippen LogP contribution in [-0.4, -0.2) is 59.8 Å². The Bertz CT molecular complexity index is 938. The molecule has 28 heavy (non-hydrogen) atoms. The lowest BCUT2D eigenvalue weighted by Crippen LogP contribution is -2.39. The molecule has 2 aliphatic rings. The number of likely N-dealkylation sites (tertiary alicyclic amines) is 1. The average molecular weight is 425 g/mol. The lowest BCUT2D eigenvalue weighted by molar-refractivity contribution is 0.0705. The van der Waals surface area contributed by atoms with E-state index in [2.05, 4.69) is 10.1 Å². The summed E-state index contributed by atoms with van der Waals surface area (Å²) < 4.78 is 32.8. The monoisotopic (exact) mass is 424 g/mol. The van der Waals surface area contributed by atoms with Crippen LogP contribution in [0.25, 0.3) is 0 Å². The molecule has 4 heterocycles. The van der Waals surface area contributed by atoms with E-state index in [-0.39, 0.29) is 16.7 Å². The molecule has 0 aliphatic carbocycles. The van der Waals surface area contributed by atoms with Gasteiger partial charge in [0.2, 0.25) is 15.9 Å². The van der Waals surface area contributed by atoms with Crippen molar-refractivity contribution in [2.24, 2.45) is 0 Å². The van der Waals surface area contributed by atoms with Crippen LogP contribution >= 0.6 is 11.3 Å². The third kappa shape index (κ3) is 3.72. The smallest absolute Gasteiger partial charge is 0.265 e. The second-order valence-electron chi connectivity index (χ2n) is 7.33.